The Balaban J connectivity index is 0.000000227. The molecule has 6 aromatic carbocycles. The third-order valence-electron chi connectivity index (χ3n) is 16.1. The highest BCUT2D eigenvalue weighted by Gasteiger charge is 2.48. The molecule has 0 saturated heterocycles. The van der Waals surface area contributed by atoms with Gasteiger partial charge in [-0.25, -0.2) is 21.0 Å². The highest BCUT2D eigenvalue weighted by Crippen LogP contribution is 2.48. The Morgan fingerprint density at radius 3 is 1.18 bits per heavy atom. The van der Waals surface area contributed by atoms with Gasteiger partial charge in [0, 0.05) is 17.5 Å². The van der Waals surface area contributed by atoms with E-state index in [-0.39, 0.29) is 47.5 Å². The normalized spacial score (nSPS) is 17.2. The molecule has 3 unspecified atom stereocenters. The Kier molecular flexibility index (Phi) is 23.5. The van der Waals surface area contributed by atoms with Gasteiger partial charge in [0.05, 0.1) is 41.7 Å². The van der Waals surface area contributed by atoms with Crippen LogP contribution in [0.15, 0.2) is 109 Å². The smallest absolute Gasteiger partial charge is 0.373 e. The maximum atomic E-state index is 13.0. The van der Waals surface area contributed by atoms with Gasteiger partial charge in [-0.3, -0.25) is 19.2 Å². The van der Waals surface area contributed by atoms with E-state index in [0.717, 1.165) is 98.9 Å². The Morgan fingerprint density at radius 1 is 0.517 bits per heavy atom. The molecule has 0 saturated carbocycles. The zero-order valence-electron chi connectivity index (χ0n) is 50.9. The molecular weight excluding hydrogens is 1110 g/mol. The summed E-state index contributed by atoms with van der Waals surface area (Å²) in [5.74, 6) is -1.31. The molecule has 0 aliphatic heterocycles. The van der Waals surface area contributed by atoms with Gasteiger partial charge in [-0.05, 0) is 193 Å². The van der Waals surface area contributed by atoms with Gasteiger partial charge >= 0.3 is 30.2 Å². The summed E-state index contributed by atoms with van der Waals surface area (Å²) in [6.45, 7) is 25.2. The van der Waals surface area contributed by atoms with E-state index < -0.39 is 28.2 Å². The van der Waals surface area contributed by atoms with Crippen molar-refractivity contribution in [2.24, 2.45) is 29.2 Å². The molecule has 5 N–H and O–H groups in total. The van der Waals surface area contributed by atoms with Crippen molar-refractivity contribution in [2.75, 3.05) is 14.2 Å². The lowest BCUT2D eigenvalue weighted by Gasteiger charge is -2.35. The number of hydrogen-bond acceptors (Lipinski definition) is 13. The van der Waals surface area contributed by atoms with Crippen molar-refractivity contribution < 1.29 is 67.3 Å². The highest BCUT2D eigenvalue weighted by atomic mass is 16.5. The van der Waals surface area contributed by atoms with E-state index in [1.807, 2.05) is 44.2 Å². The summed E-state index contributed by atoms with van der Waals surface area (Å²) in [5.41, 5.74) is 24.8. The van der Waals surface area contributed by atoms with Crippen LogP contribution in [0, 0.1) is 38.2 Å². The minimum atomic E-state index is -1.08. The molecule has 3 aliphatic carbocycles. The fourth-order valence-corrected chi connectivity index (χ4v) is 12.9. The predicted octanol–water partition coefficient (Wildman–Crippen LogP) is 10.5. The number of carbonyl (C=O) groups excluding carboxylic acids is 9. The fraction of sp³-hybridized carbons (Fsp3) is 0.357. The summed E-state index contributed by atoms with van der Waals surface area (Å²) in [6, 6.07) is 33.9. The number of carbonyl (C=O) groups is 6. The van der Waals surface area contributed by atoms with Gasteiger partial charge in [0.15, 0.2) is 0 Å². The molecule has 454 valence electrons. The minimum Gasteiger partial charge on any atom is -0.478 e. The summed E-state index contributed by atoms with van der Waals surface area (Å²) >= 11 is 0. The molecule has 6 aromatic rings. The molecule has 0 aromatic heterocycles. The number of benzene rings is 6. The van der Waals surface area contributed by atoms with E-state index in [9.17, 15) is 33.9 Å². The number of nitrogens with two attached hydrogens (primary N) is 2. The van der Waals surface area contributed by atoms with Crippen molar-refractivity contribution in [3.05, 3.63) is 215 Å². The van der Waals surface area contributed by atoms with Gasteiger partial charge in [0.2, 0.25) is 11.8 Å². The Hall–Kier alpha value is -9.61. The highest BCUT2D eigenvalue weighted by molar-refractivity contribution is 5.95. The monoisotopic (exact) mass is 1180 g/mol. The van der Waals surface area contributed by atoms with Crippen LogP contribution in [0.3, 0.4) is 0 Å². The number of carboxylic acid groups (broad SMARTS) is 1. The molecule has 0 radical (unpaired) electrons. The van der Waals surface area contributed by atoms with Crippen molar-refractivity contribution in [1.29, 1.82) is 0 Å². The predicted molar refractivity (Wildman–Crippen MR) is 322 cm³/mol. The zero-order chi connectivity index (χ0) is 64.6. The van der Waals surface area contributed by atoms with E-state index in [1.165, 1.54) is 31.4 Å². The van der Waals surface area contributed by atoms with Crippen LogP contribution in [-0.2, 0) is 97.9 Å². The van der Waals surface area contributed by atoms with E-state index in [2.05, 4.69) is 76.7 Å². The van der Waals surface area contributed by atoms with Crippen LogP contribution in [0.4, 0.5) is 0 Å². The molecule has 2 amide bonds. The maximum absolute atomic E-state index is 13.0. The van der Waals surface area contributed by atoms with Gasteiger partial charge in [0.1, 0.15) is 5.75 Å². The molecule has 0 spiro atoms. The molecule has 0 bridgehead atoms. The van der Waals surface area contributed by atoms with Crippen LogP contribution in [0.1, 0.15) is 170 Å². The summed E-state index contributed by atoms with van der Waals surface area (Å²) < 4.78 is 14.7. The van der Waals surface area contributed by atoms with Crippen LogP contribution >= 0.6 is 0 Å². The van der Waals surface area contributed by atoms with E-state index >= 15 is 0 Å². The van der Waals surface area contributed by atoms with Crippen molar-refractivity contribution in [3.63, 3.8) is 0 Å². The van der Waals surface area contributed by atoms with Gasteiger partial charge in [0.25, 0.3) is 12.0 Å². The number of carboxylic acids is 1. The number of ether oxygens (including phenoxy) is 3. The molecule has 3 atom stereocenters. The van der Waals surface area contributed by atoms with Crippen molar-refractivity contribution in [3.8, 4) is 5.75 Å². The molecule has 3 aliphatic rings. The van der Waals surface area contributed by atoms with Crippen molar-refractivity contribution >= 4 is 48.5 Å². The van der Waals surface area contributed by atoms with E-state index in [0.29, 0.717) is 54.9 Å². The van der Waals surface area contributed by atoms with E-state index in [4.69, 9.17) is 51.4 Å². The Bertz CT molecular complexity index is 3660. The van der Waals surface area contributed by atoms with Gasteiger partial charge < -0.3 is 30.8 Å². The second kappa shape index (κ2) is 30.0. The van der Waals surface area contributed by atoms with Gasteiger partial charge in [-0.2, -0.15) is 19.2 Å². The van der Waals surface area contributed by atoms with Crippen LogP contribution < -0.4 is 16.2 Å². The topological polar surface area (TPSA) is 275 Å². The quantitative estimate of drug-likeness (QED) is 0.0551. The van der Waals surface area contributed by atoms with Gasteiger partial charge in [-0.1, -0.05) is 107 Å². The number of methoxy groups -OCH3 is 2. The number of amides is 2. The summed E-state index contributed by atoms with van der Waals surface area (Å²) in [4.78, 5) is 109. The third-order valence-corrected chi connectivity index (χ3v) is 16.1. The summed E-state index contributed by atoms with van der Waals surface area (Å²) in [5, 5.41) is 9.37. The summed E-state index contributed by atoms with van der Waals surface area (Å²) in [7, 11) is 2.77. The van der Waals surface area contributed by atoms with Crippen molar-refractivity contribution in [2.45, 2.75) is 130 Å². The number of hydrogen-bond donors (Lipinski definition) is 3. The Labute approximate surface area is 507 Å². The lowest BCUT2D eigenvalue weighted by Crippen LogP contribution is -2.44. The van der Waals surface area contributed by atoms with Crippen LogP contribution in [-0.4, -0.2) is 67.8 Å². The first-order chi connectivity index (χ1) is 41.3. The van der Waals surface area contributed by atoms with Crippen LogP contribution in [0.25, 0.3) is 4.85 Å². The standard InChI is InChI=1S/C23H27NO3.C23H25NO2.C22H23NO5.2CO2/c1-14(2)13-23(22(24)26)19-9-5-15(3)11-16(19)6-7-17-12-18(21(25)27-4)8-10-20(17)23;1-15(2)14-23(24-4)20-10-6-16(3)12-17(20)7-8-18-13-19(22(25)26-5)9-11-21(18)23;1-13(2)11-22(21(23)27)18-7-5-16(20(25)26)9-14(18)3-4-15-10-17(28-12-24)6-8-19(15)22;2*2-1-3/h5,8-12,14H,6-7,13H2,1-4H3,(H2,24,26);6,9-13,15H,7-8,14H2,1-3,5H3;5-10,12-13H,3-4,11H2,1-2H3,(H2,23,27)(H,25,26);;. The first kappa shape index (κ1) is 68.2. The maximum Gasteiger partial charge on any atom is 0.373 e. The average Bonchev–Trinajstić information content (AvgIpc) is 1.77. The molecular formula is C70H75N3O14. The van der Waals surface area contributed by atoms with Crippen LogP contribution in [0.2, 0.25) is 0 Å². The Morgan fingerprint density at radius 2 is 0.828 bits per heavy atom. The van der Waals surface area contributed by atoms with Crippen LogP contribution in [0.5, 0.6) is 5.75 Å². The number of nitrogens with zero attached hydrogens (tertiary/aromatic N) is 1. The SMILES string of the molecule is CC(C)CC1(C(N)=O)c2ccc(OC=O)cc2CCc2cc(C(=O)O)ccc21.COC(=O)c1ccc2c(c1)CCc1cc(C)ccc1C2(CC(C)C)C(N)=O.O=C=O.O=C=O.[C-]#[N+]C1(CC(C)C)c2ccc(C)cc2CCc2cc(C(=O)OC)ccc21. The fourth-order valence-electron chi connectivity index (χ4n) is 12.9. The van der Waals surface area contributed by atoms with Crippen molar-refractivity contribution in [1.82, 2.24) is 0 Å². The number of fused-ring (bicyclic) bond motifs is 6. The van der Waals surface area contributed by atoms with Gasteiger partial charge in [-0.15, -0.1) is 0 Å². The average molecular weight is 1180 g/mol. The second-order valence-electron chi connectivity index (χ2n) is 23.2. The largest absolute Gasteiger partial charge is 0.478 e. The molecule has 0 fully saturated rings. The second-order valence-corrected chi connectivity index (χ2v) is 23.2. The lowest BCUT2D eigenvalue weighted by atomic mass is 9.67. The molecule has 17 nitrogen and oxygen atoms in total. The minimum absolute atomic E-state index is 0.163. The first-order valence-electron chi connectivity index (χ1n) is 28.5. The molecule has 87 heavy (non-hydrogen) atoms. The summed E-state index contributed by atoms with van der Waals surface area (Å²) in [6.07, 6.45) is 6.78. The number of aromatic carboxylic acids is 1. The number of aryl methyl sites for hydroxylation is 8. The first-order valence-corrected chi connectivity index (χ1v) is 28.5. The number of rotatable bonds is 13. The lowest BCUT2D eigenvalue weighted by molar-refractivity contribution is -0.193. The number of esters is 2. The molecule has 9 rings (SSSR count). The third kappa shape index (κ3) is 14.9. The molecule has 0 heterocycles. The zero-order valence-corrected chi connectivity index (χ0v) is 50.9. The van der Waals surface area contributed by atoms with E-state index in [1.54, 1.807) is 42.5 Å². The molecule has 17 heteroatoms. The number of primary amides is 2.